The van der Waals surface area contributed by atoms with E-state index in [4.69, 9.17) is 16.3 Å². The summed E-state index contributed by atoms with van der Waals surface area (Å²) in [5, 5.41) is 0.650. The van der Waals surface area contributed by atoms with Crippen LogP contribution in [-0.2, 0) is 9.53 Å². The third-order valence-corrected chi connectivity index (χ3v) is 4.48. The fourth-order valence-corrected chi connectivity index (χ4v) is 3.30. The lowest BCUT2D eigenvalue weighted by atomic mass is 9.96. The average molecular weight is 310 g/mol. The zero-order valence-corrected chi connectivity index (χ0v) is 12.8. The van der Waals surface area contributed by atoms with Crippen LogP contribution in [0.5, 0.6) is 0 Å². The Hall–Kier alpha value is -1.33. The molecular formula is C15H20ClN3O2. The molecule has 2 aliphatic heterocycles. The number of nitrogens with zero attached hydrogens (tertiary/aromatic N) is 3. The molecule has 2 aliphatic rings. The van der Waals surface area contributed by atoms with E-state index < -0.39 is 0 Å². The first-order chi connectivity index (χ1) is 10.3. The third-order valence-electron chi connectivity index (χ3n) is 4.19. The van der Waals surface area contributed by atoms with Gasteiger partial charge in [0.25, 0.3) is 0 Å². The van der Waals surface area contributed by atoms with Gasteiger partial charge >= 0.3 is 0 Å². The number of hydrogen-bond acceptors (Lipinski definition) is 4. The van der Waals surface area contributed by atoms with Crippen molar-refractivity contribution in [2.24, 2.45) is 5.92 Å². The molecule has 1 amide bonds. The van der Waals surface area contributed by atoms with E-state index in [9.17, 15) is 4.79 Å². The van der Waals surface area contributed by atoms with Crippen LogP contribution in [0.3, 0.4) is 0 Å². The standard InChI is InChI=1S/C15H20ClN3O2/c16-13-10-17-4-3-14(13)19-5-1-2-12(11-19)15(20)18-6-8-21-9-7-18/h3-4,10,12H,1-2,5-9,11H2. The molecule has 0 bridgehead atoms. The summed E-state index contributed by atoms with van der Waals surface area (Å²) in [7, 11) is 0. The van der Waals surface area contributed by atoms with E-state index in [1.807, 2.05) is 11.0 Å². The largest absolute Gasteiger partial charge is 0.378 e. The first-order valence-electron chi connectivity index (χ1n) is 7.46. The number of morpholine rings is 1. The molecule has 5 nitrogen and oxygen atoms in total. The molecule has 1 unspecified atom stereocenters. The second kappa shape index (κ2) is 6.62. The number of carbonyl (C=O) groups excluding carboxylic acids is 1. The van der Waals surface area contributed by atoms with Gasteiger partial charge < -0.3 is 14.5 Å². The van der Waals surface area contributed by atoms with Gasteiger partial charge in [0, 0.05) is 38.6 Å². The molecule has 0 spiro atoms. The number of rotatable bonds is 2. The monoisotopic (exact) mass is 309 g/mol. The summed E-state index contributed by atoms with van der Waals surface area (Å²) in [6.45, 7) is 4.41. The smallest absolute Gasteiger partial charge is 0.227 e. The average Bonchev–Trinajstić information content (AvgIpc) is 2.55. The van der Waals surface area contributed by atoms with Gasteiger partial charge in [-0.2, -0.15) is 0 Å². The number of hydrogen-bond donors (Lipinski definition) is 0. The highest BCUT2D eigenvalue weighted by molar-refractivity contribution is 6.33. The lowest BCUT2D eigenvalue weighted by Crippen LogP contribution is -2.48. The molecule has 6 heteroatoms. The van der Waals surface area contributed by atoms with Gasteiger partial charge in [-0.25, -0.2) is 0 Å². The van der Waals surface area contributed by atoms with Crippen molar-refractivity contribution < 1.29 is 9.53 Å². The van der Waals surface area contributed by atoms with Gasteiger partial charge in [-0.05, 0) is 18.9 Å². The Morgan fingerprint density at radius 1 is 1.33 bits per heavy atom. The highest BCUT2D eigenvalue weighted by atomic mass is 35.5. The molecule has 1 aromatic rings. The van der Waals surface area contributed by atoms with Crippen LogP contribution in [0.4, 0.5) is 5.69 Å². The first-order valence-corrected chi connectivity index (χ1v) is 7.84. The van der Waals surface area contributed by atoms with Crippen molar-refractivity contribution in [2.45, 2.75) is 12.8 Å². The topological polar surface area (TPSA) is 45.7 Å². The molecule has 0 aliphatic carbocycles. The number of halogens is 1. The van der Waals surface area contributed by atoms with Crippen molar-refractivity contribution >= 4 is 23.2 Å². The summed E-state index contributed by atoms with van der Waals surface area (Å²) in [6.07, 6.45) is 5.37. The van der Waals surface area contributed by atoms with Crippen molar-refractivity contribution in [3.63, 3.8) is 0 Å². The lowest BCUT2D eigenvalue weighted by Gasteiger charge is -2.37. The SMILES string of the molecule is O=C(C1CCCN(c2ccncc2Cl)C1)N1CCOCC1. The Balaban J connectivity index is 1.68. The zero-order chi connectivity index (χ0) is 14.7. The summed E-state index contributed by atoms with van der Waals surface area (Å²) < 4.78 is 5.31. The second-order valence-electron chi connectivity index (χ2n) is 5.55. The molecule has 0 radical (unpaired) electrons. The molecular weight excluding hydrogens is 290 g/mol. The van der Waals surface area contributed by atoms with Gasteiger partial charge in [0.15, 0.2) is 0 Å². The summed E-state index contributed by atoms with van der Waals surface area (Å²) in [5.74, 6) is 0.314. The highest BCUT2D eigenvalue weighted by Crippen LogP contribution is 2.29. The van der Waals surface area contributed by atoms with Gasteiger partial charge in [-0.15, -0.1) is 0 Å². The molecule has 3 heterocycles. The van der Waals surface area contributed by atoms with Crippen LogP contribution < -0.4 is 4.90 Å². The van der Waals surface area contributed by atoms with Crippen molar-refractivity contribution in [3.8, 4) is 0 Å². The number of carbonyl (C=O) groups is 1. The van der Waals surface area contributed by atoms with E-state index in [1.165, 1.54) is 0 Å². The van der Waals surface area contributed by atoms with E-state index in [0.717, 1.165) is 31.6 Å². The first kappa shape index (κ1) is 14.6. The molecule has 0 aromatic carbocycles. The van der Waals surface area contributed by atoms with Crippen molar-refractivity contribution in [1.29, 1.82) is 0 Å². The fourth-order valence-electron chi connectivity index (χ4n) is 3.06. The van der Waals surface area contributed by atoms with Crippen LogP contribution in [-0.4, -0.2) is 55.2 Å². The van der Waals surface area contributed by atoms with Gasteiger partial charge in [-0.3, -0.25) is 9.78 Å². The molecule has 114 valence electrons. The van der Waals surface area contributed by atoms with Gasteiger partial charge in [0.1, 0.15) is 0 Å². The third kappa shape index (κ3) is 3.30. The molecule has 21 heavy (non-hydrogen) atoms. The van der Waals surface area contributed by atoms with E-state index >= 15 is 0 Å². The van der Waals surface area contributed by atoms with E-state index in [1.54, 1.807) is 12.4 Å². The Kier molecular flexibility index (Phi) is 4.60. The van der Waals surface area contributed by atoms with Crippen LogP contribution in [0.1, 0.15) is 12.8 Å². The van der Waals surface area contributed by atoms with Crippen molar-refractivity contribution in [3.05, 3.63) is 23.5 Å². The molecule has 0 N–H and O–H groups in total. The molecule has 2 saturated heterocycles. The maximum absolute atomic E-state index is 12.6. The molecule has 1 aromatic heterocycles. The Morgan fingerprint density at radius 3 is 2.90 bits per heavy atom. The van der Waals surface area contributed by atoms with E-state index in [2.05, 4.69) is 9.88 Å². The van der Waals surface area contributed by atoms with E-state index in [-0.39, 0.29) is 11.8 Å². The molecule has 1 atom stereocenters. The number of anilines is 1. The molecule has 0 saturated carbocycles. The predicted molar refractivity (Wildman–Crippen MR) is 81.6 cm³/mol. The van der Waals surface area contributed by atoms with Crippen LogP contribution >= 0.6 is 11.6 Å². The summed E-state index contributed by atoms with van der Waals surface area (Å²) in [6, 6.07) is 1.92. The van der Waals surface area contributed by atoms with Crippen molar-refractivity contribution in [2.75, 3.05) is 44.3 Å². The Bertz CT molecular complexity index is 505. The number of ether oxygens (including phenoxy) is 1. The number of aromatic nitrogens is 1. The number of amides is 1. The fraction of sp³-hybridized carbons (Fsp3) is 0.600. The predicted octanol–water partition coefficient (Wildman–Crippen LogP) is 1.81. The minimum absolute atomic E-state index is 0.0566. The zero-order valence-electron chi connectivity index (χ0n) is 12.0. The van der Waals surface area contributed by atoms with Gasteiger partial charge in [0.05, 0.1) is 29.8 Å². The summed E-state index contributed by atoms with van der Waals surface area (Å²) in [5.41, 5.74) is 0.978. The van der Waals surface area contributed by atoms with Crippen LogP contribution in [0, 0.1) is 5.92 Å². The van der Waals surface area contributed by atoms with E-state index in [0.29, 0.717) is 31.3 Å². The van der Waals surface area contributed by atoms with Gasteiger partial charge in [0.2, 0.25) is 5.91 Å². The maximum atomic E-state index is 12.6. The Morgan fingerprint density at radius 2 is 2.14 bits per heavy atom. The maximum Gasteiger partial charge on any atom is 0.227 e. The van der Waals surface area contributed by atoms with Crippen LogP contribution in [0.25, 0.3) is 0 Å². The normalized spacial score (nSPS) is 23.2. The minimum Gasteiger partial charge on any atom is -0.378 e. The van der Waals surface area contributed by atoms with Crippen molar-refractivity contribution in [1.82, 2.24) is 9.88 Å². The summed E-state index contributed by atoms with van der Waals surface area (Å²) >= 11 is 6.22. The molecule has 3 rings (SSSR count). The second-order valence-corrected chi connectivity index (χ2v) is 5.96. The number of piperidine rings is 1. The Labute approximate surface area is 129 Å². The number of pyridine rings is 1. The molecule has 2 fully saturated rings. The van der Waals surface area contributed by atoms with Crippen LogP contribution in [0.15, 0.2) is 18.5 Å². The highest BCUT2D eigenvalue weighted by Gasteiger charge is 2.30. The quantitative estimate of drug-likeness (QED) is 0.836. The lowest BCUT2D eigenvalue weighted by molar-refractivity contribution is -0.139. The van der Waals surface area contributed by atoms with Crippen LogP contribution in [0.2, 0.25) is 5.02 Å². The minimum atomic E-state index is 0.0566. The van der Waals surface area contributed by atoms with Gasteiger partial charge in [-0.1, -0.05) is 11.6 Å². The summed E-state index contributed by atoms with van der Waals surface area (Å²) in [4.78, 5) is 20.8.